The molecule has 0 radical (unpaired) electrons. The lowest BCUT2D eigenvalue weighted by Gasteiger charge is -2.17. The largest absolute Gasteiger partial charge is 0.309 e. The number of hydrogen-bond acceptors (Lipinski definition) is 2. The van der Waals surface area contributed by atoms with Crippen molar-refractivity contribution >= 4 is 11.8 Å². The molecule has 3 heteroatoms. The van der Waals surface area contributed by atoms with Crippen LogP contribution in [0.3, 0.4) is 0 Å². The molecule has 0 spiro atoms. The van der Waals surface area contributed by atoms with Gasteiger partial charge in [-0.2, -0.15) is 0 Å². The fraction of sp³-hybridized carbons (Fsp3) is 0.200. The summed E-state index contributed by atoms with van der Waals surface area (Å²) >= 11 is 1.71. The number of benzene rings is 2. The normalized spacial score (nSPS) is 12.4. The Morgan fingerprint density at radius 1 is 1.06 bits per heavy atom. The van der Waals surface area contributed by atoms with Gasteiger partial charge in [0.2, 0.25) is 0 Å². The molecule has 0 aliphatic carbocycles. The van der Waals surface area contributed by atoms with Crippen molar-refractivity contribution in [2.75, 3.05) is 13.3 Å². The van der Waals surface area contributed by atoms with E-state index in [1.54, 1.807) is 23.9 Å². The van der Waals surface area contributed by atoms with Crippen molar-refractivity contribution in [2.45, 2.75) is 10.9 Å². The zero-order chi connectivity index (χ0) is 13.0. The predicted molar refractivity (Wildman–Crippen MR) is 75.5 cm³/mol. The number of hydrogen-bond donors (Lipinski definition) is 1. The second-order valence-corrected chi connectivity index (χ2v) is 4.93. The molecule has 1 unspecified atom stereocenters. The summed E-state index contributed by atoms with van der Waals surface area (Å²) < 4.78 is 13.3. The van der Waals surface area contributed by atoms with E-state index in [1.807, 2.05) is 13.1 Å². The van der Waals surface area contributed by atoms with Gasteiger partial charge in [-0.05, 0) is 48.7 Å². The summed E-state index contributed by atoms with van der Waals surface area (Å²) in [5.41, 5.74) is 2.08. The molecule has 1 nitrogen and oxygen atoms in total. The monoisotopic (exact) mass is 261 g/mol. The molecule has 0 aromatic heterocycles. The summed E-state index contributed by atoms with van der Waals surface area (Å²) in [6, 6.07) is 15.1. The minimum Gasteiger partial charge on any atom is -0.309 e. The van der Waals surface area contributed by atoms with Crippen LogP contribution in [-0.2, 0) is 0 Å². The Balaban J connectivity index is 2.32. The van der Waals surface area contributed by atoms with E-state index in [1.165, 1.54) is 11.0 Å². The van der Waals surface area contributed by atoms with Crippen LogP contribution < -0.4 is 5.32 Å². The molecule has 18 heavy (non-hydrogen) atoms. The number of rotatable bonds is 4. The van der Waals surface area contributed by atoms with E-state index in [2.05, 4.69) is 35.8 Å². The summed E-state index contributed by atoms with van der Waals surface area (Å²) in [7, 11) is 1.89. The van der Waals surface area contributed by atoms with Gasteiger partial charge in [0.25, 0.3) is 0 Å². The van der Waals surface area contributed by atoms with E-state index in [4.69, 9.17) is 0 Å². The average molecular weight is 261 g/mol. The van der Waals surface area contributed by atoms with Gasteiger partial charge in [0.15, 0.2) is 0 Å². The van der Waals surface area contributed by atoms with E-state index in [-0.39, 0.29) is 11.9 Å². The third kappa shape index (κ3) is 2.92. The van der Waals surface area contributed by atoms with Crippen LogP contribution in [0.4, 0.5) is 4.39 Å². The molecule has 0 saturated heterocycles. The highest BCUT2D eigenvalue weighted by Gasteiger charge is 2.12. The summed E-state index contributed by atoms with van der Waals surface area (Å²) in [5, 5.41) is 3.23. The van der Waals surface area contributed by atoms with E-state index < -0.39 is 0 Å². The molecule has 2 aromatic rings. The van der Waals surface area contributed by atoms with Gasteiger partial charge in [-0.3, -0.25) is 0 Å². The quantitative estimate of drug-likeness (QED) is 0.839. The van der Waals surface area contributed by atoms with Crippen LogP contribution in [-0.4, -0.2) is 13.3 Å². The van der Waals surface area contributed by atoms with Gasteiger partial charge < -0.3 is 5.32 Å². The minimum absolute atomic E-state index is 0.0246. The summed E-state index contributed by atoms with van der Waals surface area (Å²) in [5.74, 6) is -0.200. The van der Waals surface area contributed by atoms with Crippen LogP contribution in [0.25, 0.3) is 0 Å². The van der Waals surface area contributed by atoms with Crippen molar-refractivity contribution in [3.8, 4) is 0 Å². The van der Waals surface area contributed by atoms with Gasteiger partial charge in [0.1, 0.15) is 5.82 Å². The summed E-state index contributed by atoms with van der Waals surface area (Å²) in [6.07, 6.45) is 2.05. The Hall–Kier alpha value is -1.32. The van der Waals surface area contributed by atoms with E-state index in [0.717, 1.165) is 11.1 Å². The fourth-order valence-electron chi connectivity index (χ4n) is 2.01. The summed E-state index contributed by atoms with van der Waals surface area (Å²) in [6.45, 7) is 0. The van der Waals surface area contributed by atoms with Crippen LogP contribution >= 0.6 is 11.8 Å². The molecule has 94 valence electrons. The molecule has 0 bridgehead atoms. The van der Waals surface area contributed by atoms with Crippen molar-refractivity contribution in [3.05, 3.63) is 65.5 Å². The first-order valence-corrected chi connectivity index (χ1v) is 7.03. The van der Waals surface area contributed by atoms with Gasteiger partial charge in [0.05, 0.1) is 6.04 Å². The molecular formula is C15H16FNS. The lowest BCUT2D eigenvalue weighted by atomic mass is 9.99. The second kappa shape index (κ2) is 6.03. The first-order chi connectivity index (χ1) is 8.74. The third-order valence-electron chi connectivity index (χ3n) is 2.92. The minimum atomic E-state index is -0.200. The molecule has 0 saturated carbocycles. The Morgan fingerprint density at radius 2 is 1.78 bits per heavy atom. The molecule has 0 fully saturated rings. The van der Waals surface area contributed by atoms with Crippen LogP contribution in [0.5, 0.6) is 0 Å². The van der Waals surface area contributed by atoms with Crippen LogP contribution in [0.15, 0.2) is 53.4 Å². The highest BCUT2D eigenvalue weighted by atomic mass is 32.2. The van der Waals surface area contributed by atoms with Gasteiger partial charge >= 0.3 is 0 Å². The van der Waals surface area contributed by atoms with E-state index in [9.17, 15) is 4.39 Å². The van der Waals surface area contributed by atoms with Crippen LogP contribution in [0, 0.1) is 5.82 Å². The van der Waals surface area contributed by atoms with Crippen LogP contribution in [0.2, 0.25) is 0 Å². The molecule has 2 aromatic carbocycles. The Bertz CT molecular complexity index is 510. The number of halogens is 1. The Kier molecular flexibility index (Phi) is 4.39. The van der Waals surface area contributed by atoms with Crippen molar-refractivity contribution in [3.63, 3.8) is 0 Å². The second-order valence-electron chi connectivity index (χ2n) is 4.05. The maximum atomic E-state index is 13.3. The van der Waals surface area contributed by atoms with Gasteiger partial charge in [-0.1, -0.05) is 24.3 Å². The van der Waals surface area contributed by atoms with Crippen molar-refractivity contribution < 1.29 is 4.39 Å². The third-order valence-corrected chi connectivity index (χ3v) is 3.66. The molecule has 0 aliphatic heterocycles. The highest BCUT2D eigenvalue weighted by Crippen LogP contribution is 2.24. The van der Waals surface area contributed by atoms with Gasteiger partial charge in [0, 0.05) is 4.90 Å². The van der Waals surface area contributed by atoms with Crippen molar-refractivity contribution in [2.24, 2.45) is 0 Å². The lowest BCUT2D eigenvalue weighted by molar-refractivity contribution is 0.616. The molecule has 0 amide bonds. The summed E-state index contributed by atoms with van der Waals surface area (Å²) in [4.78, 5) is 1.23. The zero-order valence-corrected chi connectivity index (χ0v) is 11.3. The first-order valence-electron chi connectivity index (χ1n) is 5.81. The topological polar surface area (TPSA) is 12.0 Å². The standard InChI is InChI=1S/C15H16FNS/c1-17-15(12-4-3-5-13(16)10-12)11-6-8-14(18-2)9-7-11/h3-10,15,17H,1-2H3. The first kappa shape index (κ1) is 13.1. The van der Waals surface area contributed by atoms with E-state index in [0.29, 0.717) is 0 Å². The molecular weight excluding hydrogens is 245 g/mol. The lowest BCUT2D eigenvalue weighted by Crippen LogP contribution is -2.17. The van der Waals surface area contributed by atoms with Gasteiger partial charge in [-0.25, -0.2) is 4.39 Å². The molecule has 1 N–H and O–H groups in total. The van der Waals surface area contributed by atoms with Crippen molar-refractivity contribution in [1.82, 2.24) is 5.32 Å². The molecule has 0 heterocycles. The fourth-order valence-corrected chi connectivity index (χ4v) is 2.42. The molecule has 1 atom stereocenters. The van der Waals surface area contributed by atoms with Crippen LogP contribution in [0.1, 0.15) is 17.2 Å². The zero-order valence-electron chi connectivity index (χ0n) is 10.5. The Morgan fingerprint density at radius 3 is 2.33 bits per heavy atom. The maximum absolute atomic E-state index is 13.3. The smallest absolute Gasteiger partial charge is 0.123 e. The van der Waals surface area contributed by atoms with E-state index >= 15 is 0 Å². The molecule has 0 aliphatic rings. The number of thioether (sulfide) groups is 1. The maximum Gasteiger partial charge on any atom is 0.123 e. The van der Waals surface area contributed by atoms with Gasteiger partial charge in [-0.15, -0.1) is 11.8 Å². The molecule has 2 rings (SSSR count). The SMILES string of the molecule is CNC(c1ccc(SC)cc1)c1cccc(F)c1. The highest BCUT2D eigenvalue weighted by molar-refractivity contribution is 7.98. The average Bonchev–Trinajstić information content (AvgIpc) is 2.40. The number of nitrogens with one attached hydrogen (secondary N) is 1. The van der Waals surface area contributed by atoms with Crippen molar-refractivity contribution in [1.29, 1.82) is 0 Å². The Labute approximate surface area is 111 Å². The predicted octanol–water partition coefficient (Wildman–Crippen LogP) is 3.86.